The predicted octanol–water partition coefficient (Wildman–Crippen LogP) is 2.33. The van der Waals surface area contributed by atoms with Gasteiger partial charge in [-0.3, -0.25) is 9.48 Å². The molecule has 1 heterocycles. The molecule has 1 aromatic heterocycles. The zero-order chi connectivity index (χ0) is 13.3. The zero-order valence-corrected chi connectivity index (χ0v) is 11.7. The summed E-state index contributed by atoms with van der Waals surface area (Å²) in [5.41, 5.74) is 7.66. The normalized spacial score (nSPS) is 10.4. The van der Waals surface area contributed by atoms with Crippen molar-refractivity contribution in [2.45, 2.75) is 6.92 Å². The quantitative estimate of drug-likeness (QED) is 0.894. The highest BCUT2D eigenvalue weighted by molar-refractivity contribution is 9.10. The van der Waals surface area contributed by atoms with E-state index in [4.69, 9.17) is 5.73 Å². The van der Waals surface area contributed by atoms with Crippen LogP contribution in [0.4, 0.5) is 11.5 Å². The van der Waals surface area contributed by atoms with E-state index < -0.39 is 0 Å². The molecule has 0 aliphatic carbocycles. The Labute approximate surface area is 113 Å². The zero-order valence-electron chi connectivity index (χ0n) is 10.1. The molecule has 0 bridgehead atoms. The topological polar surface area (TPSA) is 72.9 Å². The first kappa shape index (κ1) is 12.6. The van der Waals surface area contributed by atoms with Crippen molar-refractivity contribution >= 4 is 33.3 Å². The van der Waals surface area contributed by atoms with Gasteiger partial charge < -0.3 is 11.1 Å². The van der Waals surface area contributed by atoms with E-state index in [1.165, 1.54) is 10.9 Å². The van der Waals surface area contributed by atoms with Gasteiger partial charge in [0.2, 0.25) is 0 Å². The number of anilines is 2. The van der Waals surface area contributed by atoms with E-state index in [1.54, 1.807) is 13.1 Å². The molecule has 5 nitrogen and oxygen atoms in total. The minimum absolute atomic E-state index is 0.205. The molecule has 0 saturated carbocycles. The number of amides is 1. The van der Waals surface area contributed by atoms with E-state index in [0.717, 1.165) is 10.0 Å². The van der Waals surface area contributed by atoms with Crippen LogP contribution in [-0.2, 0) is 7.05 Å². The van der Waals surface area contributed by atoms with Crippen LogP contribution in [0.1, 0.15) is 15.9 Å². The molecule has 2 aromatic rings. The van der Waals surface area contributed by atoms with Crippen molar-refractivity contribution in [3.8, 4) is 0 Å². The maximum atomic E-state index is 12.2. The Morgan fingerprint density at radius 1 is 1.50 bits per heavy atom. The van der Waals surface area contributed by atoms with Crippen LogP contribution in [0, 0.1) is 6.92 Å². The number of nitrogen functional groups attached to an aromatic ring is 1. The number of benzene rings is 1. The second-order valence-electron chi connectivity index (χ2n) is 3.94. The molecule has 6 heteroatoms. The van der Waals surface area contributed by atoms with E-state index >= 15 is 0 Å². The van der Waals surface area contributed by atoms with E-state index in [2.05, 4.69) is 26.3 Å². The SMILES string of the molecule is Cc1c(Br)cccc1C(=O)Nc1c(N)cnn1C. The van der Waals surface area contributed by atoms with Crippen molar-refractivity contribution in [2.24, 2.45) is 7.05 Å². The number of halogens is 1. The maximum absolute atomic E-state index is 12.2. The number of carbonyl (C=O) groups excluding carboxylic acids is 1. The summed E-state index contributed by atoms with van der Waals surface area (Å²) in [7, 11) is 1.72. The number of hydrogen-bond donors (Lipinski definition) is 2. The molecular formula is C12H13BrN4O. The van der Waals surface area contributed by atoms with Gasteiger partial charge in [0, 0.05) is 17.1 Å². The monoisotopic (exact) mass is 308 g/mol. The number of rotatable bonds is 2. The summed E-state index contributed by atoms with van der Waals surface area (Å²) in [6, 6.07) is 5.48. The van der Waals surface area contributed by atoms with Crippen LogP contribution in [0.3, 0.4) is 0 Å². The number of carbonyl (C=O) groups is 1. The number of nitrogens with zero attached hydrogens (tertiary/aromatic N) is 2. The van der Waals surface area contributed by atoms with Crippen molar-refractivity contribution in [1.82, 2.24) is 9.78 Å². The summed E-state index contributed by atoms with van der Waals surface area (Å²) in [5, 5.41) is 6.73. The van der Waals surface area contributed by atoms with Gasteiger partial charge in [0.05, 0.1) is 11.9 Å². The summed E-state index contributed by atoms with van der Waals surface area (Å²) in [6.45, 7) is 1.88. The summed E-state index contributed by atoms with van der Waals surface area (Å²) >= 11 is 3.40. The molecule has 0 spiro atoms. The fraction of sp³-hybridized carbons (Fsp3) is 0.167. The van der Waals surface area contributed by atoms with Crippen LogP contribution in [-0.4, -0.2) is 15.7 Å². The fourth-order valence-corrected chi connectivity index (χ4v) is 2.00. The fourth-order valence-electron chi connectivity index (χ4n) is 1.64. The molecule has 94 valence electrons. The molecule has 0 atom stereocenters. The predicted molar refractivity (Wildman–Crippen MR) is 74.5 cm³/mol. The molecule has 18 heavy (non-hydrogen) atoms. The first-order chi connectivity index (χ1) is 8.50. The third kappa shape index (κ3) is 2.24. The van der Waals surface area contributed by atoms with Crippen LogP contribution in [0.25, 0.3) is 0 Å². The number of hydrogen-bond acceptors (Lipinski definition) is 3. The molecule has 3 N–H and O–H groups in total. The molecule has 0 aliphatic rings. The molecule has 1 amide bonds. The maximum Gasteiger partial charge on any atom is 0.257 e. The number of nitrogens with two attached hydrogens (primary N) is 1. The number of nitrogens with one attached hydrogen (secondary N) is 1. The molecule has 1 aromatic carbocycles. The number of aromatic nitrogens is 2. The van der Waals surface area contributed by atoms with Crippen molar-refractivity contribution in [3.63, 3.8) is 0 Å². The second-order valence-corrected chi connectivity index (χ2v) is 4.79. The van der Waals surface area contributed by atoms with Gasteiger partial charge in [-0.25, -0.2) is 0 Å². The van der Waals surface area contributed by atoms with Crippen molar-refractivity contribution in [3.05, 3.63) is 40.0 Å². The Bertz CT molecular complexity index is 587. The third-order valence-corrected chi connectivity index (χ3v) is 3.57. The minimum Gasteiger partial charge on any atom is -0.394 e. The Hall–Kier alpha value is -1.82. The van der Waals surface area contributed by atoms with Crippen LogP contribution in [0.15, 0.2) is 28.9 Å². The second kappa shape index (κ2) is 4.81. The van der Waals surface area contributed by atoms with Gasteiger partial charge >= 0.3 is 0 Å². The van der Waals surface area contributed by atoms with E-state index in [9.17, 15) is 4.79 Å². The summed E-state index contributed by atoms with van der Waals surface area (Å²) in [6.07, 6.45) is 1.50. The van der Waals surface area contributed by atoms with Gasteiger partial charge in [0.1, 0.15) is 0 Å². The van der Waals surface area contributed by atoms with Crippen molar-refractivity contribution < 1.29 is 4.79 Å². The van der Waals surface area contributed by atoms with Gasteiger partial charge in [-0.05, 0) is 24.6 Å². The smallest absolute Gasteiger partial charge is 0.257 e. The third-order valence-electron chi connectivity index (χ3n) is 2.71. The lowest BCUT2D eigenvalue weighted by Gasteiger charge is -2.09. The largest absolute Gasteiger partial charge is 0.394 e. The van der Waals surface area contributed by atoms with E-state index in [0.29, 0.717) is 17.1 Å². The van der Waals surface area contributed by atoms with E-state index in [-0.39, 0.29) is 5.91 Å². The molecule has 0 radical (unpaired) electrons. The van der Waals surface area contributed by atoms with Crippen LogP contribution in [0.5, 0.6) is 0 Å². The average molecular weight is 309 g/mol. The Kier molecular flexibility index (Phi) is 3.38. The van der Waals surface area contributed by atoms with Crippen molar-refractivity contribution in [2.75, 3.05) is 11.1 Å². The molecule has 0 unspecified atom stereocenters. The molecule has 0 fully saturated rings. The lowest BCUT2D eigenvalue weighted by atomic mass is 10.1. The Balaban J connectivity index is 2.31. The summed E-state index contributed by atoms with van der Waals surface area (Å²) in [4.78, 5) is 12.2. The minimum atomic E-state index is -0.205. The van der Waals surface area contributed by atoms with Gasteiger partial charge in [-0.1, -0.05) is 22.0 Å². The number of aryl methyl sites for hydroxylation is 1. The highest BCUT2D eigenvalue weighted by atomic mass is 79.9. The van der Waals surface area contributed by atoms with Crippen LogP contribution < -0.4 is 11.1 Å². The average Bonchev–Trinajstić information content (AvgIpc) is 2.64. The lowest BCUT2D eigenvalue weighted by molar-refractivity contribution is 0.102. The highest BCUT2D eigenvalue weighted by Crippen LogP contribution is 2.22. The molecule has 0 saturated heterocycles. The first-order valence-electron chi connectivity index (χ1n) is 5.34. The van der Waals surface area contributed by atoms with E-state index in [1.807, 2.05) is 19.1 Å². The first-order valence-corrected chi connectivity index (χ1v) is 6.14. The standard InChI is InChI=1S/C12H13BrN4O/c1-7-8(4-3-5-9(7)13)12(18)16-11-10(14)6-15-17(11)2/h3-6H,14H2,1-2H3,(H,16,18). The van der Waals surface area contributed by atoms with Gasteiger partial charge in [-0.2, -0.15) is 5.10 Å². The van der Waals surface area contributed by atoms with Gasteiger partial charge in [-0.15, -0.1) is 0 Å². The molecule has 2 rings (SSSR count). The summed E-state index contributed by atoms with van der Waals surface area (Å²) in [5.74, 6) is 0.295. The highest BCUT2D eigenvalue weighted by Gasteiger charge is 2.14. The Morgan fingerprint density at radius 3 is 2.83 bits per heavy atom. The molecular weight excluding hydrogens is 296 g/mol. The van der Waals surface area contributed by atoms with Crippen LogP contribution in [0.2, 0.25) is 0 Å². The lowest BCUT2D eigenvalue weighted by Crippen LogP contribution is -2.16. The summed E-state index contributed by atoms with van der Waals surface area (Å²) < 4.78 is 2.42. The van der Waals surface area contributed by atoms with Crippen LogP contribution >= 0.6 is 15.9 Å². The Morgan fingerprint density at radius 2 is 2.22 bits per heavy atom. The van der Waals surface area contributed by atoms with Gasteiger partial charge in [0.25, 0.3) is 5.91 Å². The van der Waals surface area contributed by atoms with Gasteiger partial charge in [0.15, 0.2) is 5.82 Å². The van der Waals surface area contributed by atoms with Crippen molar-refractivity contribution in [1.29, 1.82) is 0 Å². The molecule has 0 aliphatic heterocycles.